The Kier molecular flexibility index (Phi) is 4.26. The van der Waals surface area contributed by atoms with Gasteiger partial charge in [0.2, 0.25) is 10.0 Å². The number of benzene rings is 2. The highest BCUT2D eigenvalue weighted by atomic mass is 32.2. The molecule has 0 fully saturated rings. The summed E-state index contributed by atoms with van der Waals surface area (Å²) in [5.74, 6) is -0.0509. The van der Waals surface area contributed by atoms with Gasteiger partial charge in [0, 0.05) is 35.8 Å². The predicted octanol–water partition coefficient (Wildman–Crippen LogP) is 1.97. The van der Waals surface area contributed by atoms with Crippen molar-refractivity contribution < 1.29 is 13.2 Å². The van der Waals surface area contributed by atoms with Gasteiger partial charge in [0.1, 0.15) is 0 Å². The molecule has 1 aliphatic rings. The molecule has 1 amide bonds. The van der Waals surface area contributed by atoms with E-state index in [4.69, 9.17) is 0 Å². The van der Waals surface area contributed by atoms with Crippen molar-refractivity contribution in [2.75, 3.05) is 13.1 Å². The summed E-state index contributed by atoms with van der Waals surface area (Å²) in [5, 5.41) is 3.89. The minimum atomic E-state index is -3.52. The maximum atomic E-state index is 12.3. The molecule has 134 valence electrons. The fourth-order valence-electron chi connectivity index (χ4n) is 3.44. The molecule has 0 unspecified atom stereocenters. The first kappa shape index (κ1) is 16.8. The summed E-state index contributed by atoms with van der Waals surface area (Å²) in [4.78, 5) is 15.5. The van der Waals surface area contributed by atoms with Crippen LogP contribution in [0.25, 0.3) is 10.9 Å². The Labute approximate surface area is 151 Å². The average molecular weight is 369 g/mol. The van der Waals surface area contributed by atoms with Gasteiger partial charge < -0.3 is 10.3 Å². The minimum Gasteiger partial charge on any atom is -0.361 e. The molecule has 3 N–H and O–H groups in total. The molecule has 26 heavy (non-hydrogen) atoms. The van der Waals surface area contributed by atoms with Crippen LogP contribution in [0.4, 0.5) is 0 Å². The Bertz CT molecular complexity index is 1070. The van der Waals surface area contributed by atoms with Crippen molar-refractivity contribution in [2.24, 2.45) is 0 Å². The maximum Gasteiger partial charge on any atom is 0.251 e. The average Bonchev–Trinajstić information content (AvgIpc) is 3.06. The molecule has 0 aliphatic carbocycles. The number of H-pyrrole nitrogens is 1. The summed E-state index contributed by atoms with van der Waals surface area (Å²) in [7, 11) is -3.52. The number of aromatic amines is 1. The normalized spacial score (nSPS) is 14.2. The van der Waals surface area contributed by atoms with Crippen LogP contribution in [-0.2, 0) is 22.9 Å². The molecule has 1 aromatic heterocycles. The molecule has 3 aromatic rings. The Morgan fingerprint density at radius 1 is 1.08 bits per heavy atom. The van der Waals surface area contributed by atoms with Gasteiger partial charge in [0.25, 0.3) is 5.91 Å². The van der Waals surface area contributed by atoms with E-state index in [1.807, 2.05) is 18.3 Å². The molecule has 0 saturated heterocycles. The summed E-state index contributed by atoms with van der Waals surface area (Å²) in [6.45, 7) is 0.913. The predicted molar refractivity (Wildman–Crippen MR) is 99.7 cm³/mol. The number of nitrogens with one attached hydrogen (secondary N) is 3. The zero-order valence-electron chi connectivity index (χ0n) is 14.1. The number of fused-ring (bicyclic) bond motifs is 3. The van der Waals surface area contributed by atoms with E-state index in [2.05, 4.69) is 15.0 Å². The molecule has 0 saturated carbocycles. The van der Waals surface area contributed by atoms with Gasteiger partial charge in [0.15, 0.2) is 0 Å². The smallest absolute Gasteiger partial charge is 0.251 e. The Balaban J connectivity index is 1.57. The third-order valence-corrected chi connectivity index (χ3v) is 6.16. The van der Waals surface area contributed by atoms with Crippen LogP contribution >= 0.6 is 0 Å². The number of aromatic nitrogens is 1. The first-order valence-electron chi connectivity index (χ1n) is 8.51. The van der Waals surface area contributed by atoms with Crippen molar-refractivity contribution >= 4 is 26.8 Å². The van der Waals surface area contributed by atoms with E-state index in [1.165, 1.54) is 0 Å². The third-order valence-electron chi connectivity index (χ3n) is 4.68. The van der Waals surface area contributed by atoms with E-state index < -0.39 is 10.0 Å². The second-order valence-corrected chi connectivity index (χ2v) is 8.06. The van der Waals surface area contributed by atoms with Gasteiger partial charge in [0.05, 0.1) is 4.90 Å². The molecule has 0 atom stereocenters. The summed E-state index contributed by atoms with van der Waals surface area (Å²) >= 11 is 0. The lowest BCUT2D eigenvalue weighted by molar-refractivity contribution is 0.0946. The summed E-state index contributed by atoms with van der Waals surface area (Å²) < 4.78 is 27.3. The molecule has 2 aromatic carbocycles. The van der Waals surface area contributed by atoms with Crippen LogP contribution in [-0.4, -0.2) is 32.4 Å². The first-order chi connectivity index (χ1) is 12.6. The van der Waals surface area contributed by atoms with Crippen LogP contribution in [0.5, 0.6) is 0 Å². The van der Waals surface area contributed by atoms with Crippen LogP contribution in [0.1, 0.15) is 21.5 Å². The zero-order valence-corrected chi connectivity index (χ0v) is 14.9. The van der Waals surface area contributed by atoms with Gasteiger partial charge in [-0.1, -0.05) is 18.2 Å². The standard InChI is InChI=1S/C19H19N3O3S/c23-19-16-6-7-17-18(15(16)9-10-20-19)13(12-21-17)8-11-22-26(24,25)14-4-2-1-3-5-14/h1-7,12,21-22H,8-11H2,(H,20,23). The SMILES string of the molecule is O=C1NCCc2c1ccc1[nH]cc(CCNS(=O)(=O)c3ccccc3)c21. The third kappa shape index (κ3) is 3.00. The number of hydrogen-bond donors (Lipinski definition) is 3. The molecule has 7 heteroatoms. The fraction of sp³-hybridized carbons (Fsp3) is 0.211. The van der Waals surface area contributed by atoms with Crippen molar-refractivity contribution in [3.8, 4) is 0 Å². The van der Waals surface area contributed by atoms with Crippen molar-refractivity contribution in [3.05, 3.63) is 65.4 Å². The second kappa shape index (κ2) is 6.59. The van der Waals surface area contributed by atoms with Gasteiger partial charge in [-0.25, -0.2) is 13.1 Å². The molecular formula is C19H19N3O3S. The van der Waals surface area contributed by atoms with E-state index in [-0.39, 0.29) is 10.8 Å². The molecule has 0 radical (unpaired) electrons. The quantitative estimate of drug-likeness (QED) is 0.642. The number of amides is 1. The van der Waals surface area contributed by atoms with Crippen molar-refractivity contribution in [1.82, 2.24) is 15.0 Å². The Morgan fingerprint density at radius 2 is 1.88 bits per heavy atom. The first-order valence-corrected chi connectivity index (χ1v) is 9.99. The van der Waals surface area contributed by atoms with Crippen LogP contribution in [0.2, 0.25) is 0 Å². The van der Waals surface area contributed by atoms with Crippen molar-refractivity contribution in [2.45, 2.75) is 17.7 Å². The monoisotopic (exact) mass is 369 g/mol. The van der Waals surface area contributed by atoms with E-state index >= 15 is 0 Å². The molecule has 1 aliphatic heterocycles. The fourth-order valence-corrected chi connectivity index (χ4v) is 4.49. The minimum absolute atomic E-state index is 0.0509. The van der Waals surface area contributed by atoms with Crippen LogP contribution in [0.15, 0.2) is 53.6 Å². The topological polar surface area (TPSA) is 91.1 Å². The number of carbonyl (C=O) groups is 1. The summed E-state index contributed by atoms with van der Waals surface area (Å²) in [6.07, 6.45) is 3.22. The van der Waals surface area contributed by atoms with Crippen LogP contribution in [0.3, 0.4) is 0 Å². The highest BCUT2D eigenvalue weighted by molar-refractivity contribution is 7.89. The van der Waals surface area contributed by atoms with Crippen LogP contribution < -0.4 is 10.0 Å². The molecule has 0 bridgehead atoms. The number of hydrogen-bond acceptors (Lipinski definition) is 3. The molecule has 4 rings (SSSR count). The van der Waals surface area contributed by atoms with Gasteiger partial charge in [-0.2, -0.15) is 0 Å². The van der Waals surface area contributed by atoms with Crippen molar-refractivity contribution in [3.63, 3.8) is 0 Å². The molecule has 0 spiro atoms. The van der Waals surface area contributed by atoms with Gasteiger partial charge in [-0.3, -0.25) is 4.79 Å². The maximum absolute atomic E-state index is 12.3. The molecular weight excluding hydrogens is 350 g/mol. The van der Waals surface area contributed by atoms with E-state index in [0.717, 1.165) is 28.5 Å². The van der Waals surface area contributed by atoms with Gasteiger partial charge >= 0.3 is 0 Å². The zero-order chi connectivity index (χ0) is 18.1. The molecule has 2 heterocycles. The summed E-state index contributed by atoms with van der Waals surface area (Å²) in [6, 6.07) is 12.1. The highest BCUT2D eigenvalue weighted by Gasteiger charge is 2.21. The molecule has 6 nitrogen and oxygen atoms in total. The summed E-state index contributed by atoms with van der Waals surface area (Å²) in [5.41, 5.74) is 3.73. The Hall–Kier alpha value is -2.64. The van der Waals surface area contributed by atoms with E-state index in [1.54, 1.807) is 30.3 Å². The highest BCUT2D eigenvalue weighted by Crippen LogP contribution is 2.28. The lowest BCUT2D eigenvalue weighted by Gasteiger charge is -2.18. The van der Waals surface area contributed by atoms with Crippen molar-refractivity contribution in [1.29, 1.82) is 0 Å². The largest absolute Gasteiger partial charge is 0.361 e. The van der Waals surface area contributed by atoms with Gasteiger partial charge in [-0.15, -0.1) is 0 Å². The number of sulfonamides is 1. The van der Waals surface area contributed by atoms with Gasteiger partial charge in [-0.05, 0) is 48.2 Å². The lowest BCUT2D eigenvalue weighted by Crippen LogP contribution is -2.32. The second-order valence-electron chi connectivity index (χ2n) is 6.29. The lowest BCUT2D eigenvalue weighted by atomic mass is 9.94. The Morgan fingerprint density at radius 3 is 2.69 bits per heavy atom. The number of carbonyl (C=O) groups excluding carboxylic acids is 1. The van der Waals surface area contributed by atoms with E-state index in [9.17, 15) is 13.2 Å². The van der Waals surface area contributed by atoms with E-state index in [0.29, 0.717) is 25.1 Å². The number of rotatable bonds is 5. The van der Waals surface area contributed by atoms with Crippen LogP contribution in [0, 0.1) is 0 Å².